The minimum absolute atomic E-state index is 0.214. The third kappa shape index (κ3) is 43.5. The molecule has 12 aromatic rings. The summed E-state index contributed by atoms with van der Waals surface area (Å²) in [5, 5.41) is 0. The second-order valence-corrected chi connectivity index (χ2v) is 22.8. The van der Waals surface area contributed by atoms with Crippen molar-refractivity contribution in [3.63, 3.8) is 0 Å². The van der Waals surface area contributed by atoms with E-state index in [0.29, 0.717) is 79.6 Å². The van der Waals surface area contributed by atoms with Crippen LogP contribution in [0, 0.1) is 46.7 Å². The zero-order valence-electron chi connectivity index (χ0n) is 66.4. The van der Waals surface area contributed by atoms with Gasteiger partial charge in [-0.05, 0) is 63.9 Å². The summed E-state index contributed by atoms with van der Waals surface area (Å²) in [5.41, 5.74) is 12.3. The fourth-order valence-corrected chi connectivity index (χ4v) is 8.88. The number of carbonyl (C=O) groups is 7. The molecular weight excluding hydrogens is 1470 g/mol. The predicted molar refractivity (Wildman–Crippen MR) is 456 cm³/mol. The molecule has 0 bridgehead atoms. The number of carbonyl (C=O) groups excluding carboxylic acids is 7. The smallest absolute Gasteiger partial charge is 0.327 e. The highest BCUT2D eigenvalue weighted by atomic mass is 16.5. The van der Waals surface area contributed by atoms with Crippen LogP contribution in [0.4, 0.5) is 28.4 Å². The van der Waals surface area contributed by atoms with E-state index in [9.17, 15) is 33.6 Å². The van der Waals surface area contributed by atoms with Gasteiger partial charge < -0.3 is 33.2 Å². The zero-order valence-corrected chi connectivity index (χ0v) is 66.4. The van der Waals surface area contributed by atoms with Crippen LogP contribution < -0.4 is 0 Å². The first-order valence-electron chi connectivity index (χ1n) is 36.5. The van der Waals surface area contributed by atoms with Crippen LogP contribution in [-0.2, 0) is 98.6 Å². The number of ether oxygens (including phenoxy) is 7. The van der Waals surface area contributed by atoms with E-state index in [2.05, 4.69) is 38.4 Å². The maximum Gasteiger partial charge on any atom is 0.327 e. The summed E-state index contributed by atoms with van der Waals surface area (Å²) < 4.78 is 33.9. The number of benzene rings is 12. The monoisotopic (exact) mass is 1560 g/mol. The fourth-order valence-electron chi connectivity index (χ4n) is 8.88. The van der Waals surface area contributed by atoms with Gasteiger partial charge in [0.1, 0.15) is 46.2 Å². The molecule has 0 aliphatic heterocycles. The van der Waals surface area contributed by atoms with E-state index in [0.717, 1.165) is 61.4 Å². The number of hydrogen-bond donors (Lipinski definition) is 0. The minimum Gasteiger partial charge on any atom is -0.463 e. The average Bonchev–Trinajstić information content (AvgIpc) is 0.885. The zero-order chi connectivity index (χ0) is 85.6. The van der Waals surface area contributed by atoms with Gasteiger partial charge in [0.2, 0.25) is 17.1 Å². The number of esters is 4. The van der Waals surface area contributed by atoms with Crippen LogP contribution in [0.5, 0.6) is 0 Å². The van der Waals surface area contributed by atoms with Crippen LogP contribution in [0.25, 0.3) is 24.2 Å². The Hall–Kier alpha value is -15.6. The van der Waals surface area contributed by atoms with Crippen LogP contribution in [0.15, 0.2) is 334 Å². The molecule has 19 heteroatoms. The Morgan fingerprint density at radius 2 is 0.419 bits per heavy atom. The summed E-state index contributed by atoms with van der Waals surface area (Å²) >= 11 is 0. The molecule has 0 aliphatic rings. The lowest BCUT2D eigenvalue weighted by atomic mass is 10.2. The lowest BCUT2D eigenvalue weighted by Crippen LogP contribution is -2.05. The van der Waals surface area contributed by atoms with Gasteiger partial charge in [0, 0.05) is 6.92 Å². The molecule has 594 valence electrons. The fraction of sp³-hybridized carbons (Fsp3) is 0.143. The Balaban J connectivity index is 0.000000450. The van der Waals surface area contributed by atoms with E-state index in [1.165, 1.54) is 6.92 Å². The maximum atomic E-state index is 11.8. The van der Waals surface area contributed by atoms with Crippen LogP contribution in [0.3, 0.4) is 0 Å². The van der Waals surface area contributed by atoms with Crippen LogP contribution in [-0.4, -0.2) is 43.3 Å². The molecule has 0 radical (unpaired) electrons. The topological polar surface area (TPSA) is 206 Å². The van der Waals surface area contributed by atoms with Gasteiger partial charge >= 0.3 is 23.9 Å². The van der Waals surface area contributed by atoms with E-state index in [1.54, 1.807) is 72.8 Å². The third-order valence-electron chi connectivity index (χ3n) is 14.6. The molecule has 0 saturated carbocycles. The molecule has 0 spiro atoms. The normalized spacial score (nSPS) is 8.91. The van der Waals surface area contributed by atoms with Gasteiger partial charge in [-0.1, -0.05) is 361 Å². The van der Waals surface area contributed by atoms with Crippen molar-refractivity contribution in [1.29, 1.82) is 0 Å². The Labute approximate surface area is 687 Å². The molecule has 0 atom stereocenters. The van der Waals surface area contributed by atoms with Crippen LogP contribution in [0.1, 0.15) is 116 Å². The molecular formula is C98H93N5O14. The van der Waals surface area contributed by atoms with Crippen molar-refractivity contribution < 1.29 is 66.7 Å². The van der Waals surface area contributed by atoms with E-state index in [-0.39, 0.29) is 25.8 Å². The molecule has 0 amide bonds. The Morgan fingerprint density at radius 1 is 0.248 bits per heavy atom. The van der Waals surface area contributed by atoms with Gasteiger partial charge in [0.15, 0.2) is 11.4 Å². The standard InChI is InChI=1S/3C15H11NO2.C9H10O2.2C8H7N.3C8H8O2.2C2H6/c3*1-16-14-10-6-5-9-13(14)15(17)18-11-12-7-3-2-4-8-12;1-8(10)11-7-9-5-3-2-4-6-9;2*1-7-5-3-4-6-8(7)9-2;3*9-7-10-6-8-4-2-1-3-5-8;2*1-2/h3*2-10H,11H2;2-6H,7H2,1H3;2*3-6H,1H3;3*1-5,7H,6H2;2*1-2H3. The number of aryl methyl sites for hydroxylation is 2. The molecule has 0 N–H and O–H groups in total. The molecule has 0 saturated heterocycles. The second kappa shape index (κ2) is 64.1. The summed E-state index contributed by atoms with van der Waals surface area (Å²) in [4.78, 5) is 91.7. The van der Waals surface area contributed by atoms with E-state index >= 15 is 0 Å². The molecule has 0 fully saturated rings. The average molecular weight is 1560 g/mol. The highest BCUT2D eigenvalue weighted by Gasteiger charge is 2.15. The van der Waals surface area contributed by atoms with Crippen LogP contribution >= 0.6 is 0 Å². The van der Waals surface area contributed by atoms with Crippen molar-refractivity contribution in [2.45, 2.75) is 94.7 Å². The Morgan fingerprint density at radius 3 is 0.598 bits per heavy atom. The lowest BCUT2D eigenvalue weighted by molar-refractivity contribution is -0.142. The summed E-state index contributed by atoms with van der Waals surface area (Å²) in [5.74, 6) is -1.64. The van der Waals surface area contributed by atoms with Crippen molar-refractivity contribution in [3.8, 4) is 0 Å². The number of rotatable bonds is 20. The summed E-state index contributed by atoms with van der Waals surface area (Å²) in [6, 6.07) is 102. The van der Waals surface area contributed by atoms with Gasteiger partial charge in [-0.3, -0.25) is 19.2 Å². The highest BCUT2D eigenvalue weighted by molar-refractivity contribution is 5.97. The minimum atomic E-state index is -0.467. The second-order valence-electron chi connectivity index (χ2n) is 22.8. The molecule has 19 nitrogen and oxygen atoms in total. The summed E-state index contributed by atoms with van der Waals surface area (Å²) in [6.45, 7) is 51.1. The first kappa shape index (κ1) is 97.5. The van der Waals surface area contributed by atoms with Crippen molar-refractivity contribution >= 4 is 71.7 Å². The quantitative estimate of drug-likeness (QED) is 0.0301. The van der Waals surface area contributed by atoms with E-state index < -0.39 is 17.9 Å². The van der Waals surface area contributed by atoms with Gasteiger partial charge in [-0.15, -0.1) is 0 Å². The summed E-state index contributed by atoms with van der Waals surface area (Å²) in [7, 11) is 0. The molecule has 0 aliphatic carbocycles. The van der Waals surface area contributed by atoms with Crippen molar-refractivity contribution in [1.82, 2.24) is 0 Å². The van der Waals surface area contributed by atoms with Crippen molar-refractivity contribution in [3.05, 3.63) is 457 Å². The first-order valence-corrected chi connectivity index (χ1v) is 36.5. The molecule has 12 aromatic carbocycles. The van der Waals surface area contributed by atoms with Gasteiger partial charge in [-0.25, -0.2) is 38.6 Å². The molecule has 0 heterocycles. The third-order valence-corrected chi connectivity index (χ3v) is 14.6. The maximum absolute atomic E-state index is 11.8. The van der Waals surface area contributed by atoms with Gasteiger partial charge in [0.25, 0.3) is 19.4 Å². The lowest BCUT2D eigenvalue weighted by Gasteiger charge is -2.06. The predicted octanol–water partition coefficient (Wildman–Crippen LogP) is 23.8. The van der Waals surface area contributed by atoms with Crippen molar-refractivity contribution in [2.24, 2.45) is 0 Å². The van der Waals surface area contributed by atoms with Gasteiger partial charge in [-0.2, -0.15) is 0 Å². The van der Waals surface area contributed by atoms with E-state index in [1.807, 2.05) is 302 Å². The molecule has 0 aromatic heterocycles. The number of nitrogens with zero attached hydrogens (tertiary/aromatic N) is 5. The largest absolute Gasteiger partial charge is 0.463 e. The number of para-hydroxylation sites is 5. The molecule has 117 heavy (non-hydrogen) atoms. The Bertz CT molecular complexity index is 4580. The molecule has 0 unspecified atom stereocenters. The highest BCUT2D eigenvalue weighted by Crippen LogP contribution is 2.23. The number of hydrogen-bond acceptors (Lipinski definition) is 14. The van der Waals surface area contributed by atoms with Gasteiger partial charge in [0.05, 0.1) is 49.6 Å². The molecule has 12 rings (SSSR count). The first-order chi connectivity index (χ1) is 57.2. The summed E-state index contributed by atoms with van der Waals surface area (Å²) in [6.07, 6.45) is 0. The van der Waals surface area contributed by atoms with E-state index in [4.69, 9.17) is 51.8 Å². The van der Waals surface area contributed by atoms with Crippen molar-refractivity contribution in [2.75, 3.05) is 0 Å². The Kier molecular flexibility index (Phi) is 53.4. The van der Waals surface area contributed by atoms with Crippen LogP contribution in [0.2, 0.25) is 0 Å². The SMILES string of the molecule is CC.CC.CC(=O)OCc1ccccc1.O=COCc1ccccc1.O=COCc1ccccc1.O=COCc1ccccc1.[C-]#[N+]c1ccccc1C.[C-]#[N+]c1ccccc1C.[C-]#[N+]c1ccccc1C(=O)OCc1ccccc1.[C-]#[N+]c1ccccc1C(=O)OCc1ccccc1.[C-]#[N+]c1ccccc1C(=O)OCc1ccccc1.